The number of rotatable bonds is 7. The third-order valence-electron chi connectivity index (χ3n) is 5.99. The largest absolute Gasteiger partial charge is 0.497 e. The lowest BCUT2D eigenvalue weighted by atomic mass is 9.89. The zero-order valence-corrected chi connectivity index (χ0v) is 17.3. The van der Waals surface area contributed by atoms with Crippen molar-refractivity contribution in [1.82, 2.24) is 4.90 Å². The molecule has 1 saturated heterocycles. The van der Waals surface area contributed by atoms with Gasteiger partial charge in [-0.15, -0.1) is 0 Å². The maximum Gasteiger partial charge on any atom is 0.195 e. The summed E-state index contributed by atoms with van der Waals surface area (Å²) < 4.78 is 10.8. The molecule has 0 unspecified atom stereocenters. The fourth-order valence-electron chi connectivity index (χ4n) is 4.20. The van der Waals surface area contributed by atoms with Gasteiger partial charge >= 0.3 is 0 Å². The van der Waals surface area contributed by atoms with Crippen LogP contribution in [-0.4, -0.2) is 37.4 Å². The van der Waals surface area contributed by atoms with Crippen LogP contribution in [0.25, 0.3) is 11.0 Å². The fraction of sp³-hybridized carbons (Fsp3) is 0.360. The van der Waals surface area contributed by atoms with Crippen molar-refractivity contribution in [2.75, 3.05) is 26.7 Å². The zero-order valence-electron chi connectivity index (χ0n) is 17.3. The highest BCUT2D eigenvalue weighted by Gasteiger charge is 2.25. The summed E-state index contributed by atoms with van der Waals surface area (Å²) in [6.45, 7) is 2.77. The average molecular weight is 405 g/mol. The van der Waals surface area contributed by atoms with Gasteiger partial charge in [0.2, 0.25) is 0 Å². The summed E-state index contributed by atoms with van der Waals surface area (Å²) in [5.74, 6) is 1.06. The van der Waals surface area contributed by atoms with Gasteiger partial charge in [-0.2, -0.15) is 0 Å². The second kappa shape index (κ2) is 9.26. The standard InChI is InChI=1S/C25H27NO4/c1-29-21-9-10-22-23(16-21)30-17-20(25(22)28)8-5-13-26-14-11-19(12-15-26)24(27)18-6-3-2-4-7-18/h2-4,6-7,9-10,16-17,19H,5,8,11-15H2,1H3. The number of carbonyl (C=O) groups excluding carboxylic acids is 1. The van der Waals surface area contributed by atoms with Gasteiger partial charge in [-0.1, -0.05) is 30.3 Å². The fourth-order valence-corrected chi connectivity index (χ4v) is 4.20. The molecule has 0 N–H and O–H groups in total. The molecule has 1 aliphatic rings. The lowest BCUT2D eigenvalue weighted by Crippen LogP contribution is -2.37. The molecule has 5 heteroatoms. The number of benzene rings is 2. The van der Waals surface area contributed by atoms with Crippen LogP contribution in [0.3, 0.4) is 0 Å². The number of hydrogen-bond acceptors (Lipinski definition) is 5. The predicted molar refractivity (Wildman–Crippen MR) is 117 cm³/mol. The molecule has 0 bridgehead atoms. The van der Waals surface area contributed by atoms with Gasteiger partial charge in [-0.3, -0.25) is 9.59 Å². The first-order chi connectivity index (χ1) is 14.7. The Labute approximate surface area is 176 Å². The second-order valence-corrected chi connectivity index (χ2v) is 7.90. The third-order valence-corrected chi connectivity index (χ3v) is 5.99. The smallest absolute Gasteiger partial charge is 0.195 e. The number of Topliss-reactive ketones (excluding diaryl/α,β-unsaturated/α-hetero) is 1. The van der Waals surface area contributed by atoms with Crippen LogP contribution in [-0.2, 0) is 6.42 Å². The molecule has 0 saturated carbocycles. The van der Waals surface area contributed by atoms with Crippen molar-refractivity contribution in [3.8, 4) is 5.75 Å². The lowest BCUT2D eigenvalue weighted by molar-refractivity contribution is 0.0839. The van der Waals surface area contributed by atoms with E-state index in [1.54, 1.807) is 31.6 Å². The zero-order chi connectivity index (χ0) is 20.9. The van der Waals surface area contributed by atoms with Crippen molar-refractivity contribution in [1.29, 1.82) is 0 Å². The number of aryl methyl sites for hydroxylation is 1. The summed E-state index contributed by atoms with van der Waals surface area (Å²) in [7, 11) is 1.59. The van der Waals surface area contributed by atoms with E-state index >= 15 is 0 Å². The highest BCUT2D eigenvalue weighted by atomic mass is 16.5. The SMILES string of the molecule is COc1ccc2c(=O)c(CCCN3CCC(C(=O)c4ccccc4)CC3)coc2c1. The molecule has 0 spiro atoms. The quantitative estimate of drug-likeness (QED) is 0.548. The first-order valence-electron chi connectivity index (χ1n) is 10.6. The molecular weight excluding hydrogens is 378 g/mol. The van der Waals surface area contributed by atoms with E-state index in [9.17, 15) is 9.59 Å². The van der Waals surface area contributed by atoms with E-state index < -0.39 is 0 Å². The molecule has 156 valence electrons. The minimum absolute atomic E-state index is 0.0334. The summed E-state index contributed by atoms with van der Waals surface area (Å²) in [5, 5.41) is 0.591. The Hall–Kier alpha value is -2.92. The van der Waals surface area contributed by atoms with Crippen molar-refractivity contribution in [2.24, 2.45) is 5.92 Å². The molecule has 0 aliphatic carbocycles. The van der Waals surface area contributed by atoms with Gasteiger partial charge < -0.3 is 14.1 Å². The van der Waals surface area contributed by atoms with Crippen LogP contribution in [0.5, 0.6) is 5.75 Å². The number of hydrogen-bond donors (Lipinski definition) is 0. The number of piperidine rings is 1. The van der Waals surface area contributed by atoms with Gasteiger partial charge in [0, 0.05) is 23.1 Å². The maximum absolute atomic E-state index is 12.7. The Morgan fingerprint density at radius 1 is 1.13 bits per heavy atom. The Kier molecular flexibility index (Phi) is 6.29. The van der Waals surface area contributed by atoms with E-state index in [2.05, 4.69) is 4.90 Å². The molecule has 4 rings (SSSR count). The molecule has 2 aromatic carbocycles. The van der Waals surface area contributed by atoms with E-state index in [-0.39, 0.29) is 17.1 Å². The molecule has 2 heterocycles. The van der Waals surface area contributed by atoms with Crippen LogP contribution in [0.2, 0.25) is 0 Å². The van der Waals surface area contributed by atoms with Gasteiger partial charge in [0.1, 0.15) is 11.3 Å². The normalized spacial score (nSPS) is 15.4. The molecule has 0 atom stereocenters. The molecule has 1 fully saturated rings. The van der Waals surface area contributed by atoms with Crippen LogP contribution in [0.15, 0.2) is 64.0 Å². The summed E-state index contributed by atoms with van der Waals surface area (Å²) in [6.07, 6.45) is 4.95. The Morgan fingerprint density at radius 2 is 1.90 bits per heavy atom. The van der Waals surface area contributed by atoms with Crippen LogP contribution >= 0.6 is 0 Å². The molecule has 5 nitrogen and oxygen atoms in total. The van der Waals surface area contributed by atoms with E-state index in [1.165, 1.54) is 0 Å². The van der Waals surface area contributed by atoms with Gasteiger partial charge in [0.15, 0.2) is 11.2 Å². The van der Waals surface area contributed by atoms with Crippen LogP contribution in [0.1, 0.15) is 35.2 Å². The van der Waals surface area contributed by atoms with Crippen molar-refractivity contribution in [3.63, 3.8) is 0 Å². The molecule has 30 heavy (non-hydrogen) atoms. The van der Waals surface area contributed by atoms with Crippen molar-refractivity contribution in [3.05, 3.63) is 76.1 Å². The molecule has 3 aromatic rings. The average Bonchev–Trinajstić information content (AvgIpc) is 2.81. The molecule has 1 aliphatic heterocycles. The van der Waals surface area contributed by atoms with Crippen molar-refractivity contribution in [2.45, 2.75) is 25.7 Å². The maximum atomic E-state index is 12.7. The predicted octanol–water partition coefficient (Wildman–Crippen LogP) is 4.33. The van der Waals surface area contributed by atoms with E-state index in [1.807, 2.05) is 30.3 Å². The van der Waals surface area contributed by atoms with Crippen LogP contribution < -0.4 is 10.2 Å². The number of likely N-dealkylation sites (tertiary alicyclic amines) is 1. The van der Waals surface area contributed by atoms with Gasteiger partial charge in [-0.05, 0) is 57.5 Å². The summed E-state index contributed by atoms with van der Waals surface area (Å²) >= 11 is 0. The monoisotopic (exact) mass is 405 g/mol. The van der Waals surface area contributed by atoms with Crippen molar-refractivity contribution < 1.29 is 13.9 Å². The lowest BCUT2D eigenvalue weighted by Gasteiger charge is -2.31. The highest BCUT2D eigenvalue weighted by Crippen LogP contribution is 2.22. The van der Waals surface area contributed by atoms with E-state index in [4.69, 9.17) is 9.15 Å². The minimum Gasteiger partial charge on any atom is -0.497 e. The van der Waals surface area contributed by atoms with Gasteiger partial charge in [-0.25, -0.2) is 0 Å². The van der Waals surface area contributed by atoms with Crippen molar-refractivity contribution >= 4 is 16.8 Å². The molecule has 0 amide bonds. The molecule has 0 radical (unpaired) electrons. The summed E-state index contributed by atoms with van der Waals surface area (Å²) in [6, 6.07) is 14.9. The van der Waals surface area contributed by atoms with Crippen LogP contribution in [0.4, 0.5) is 0 Å². The van der Waals surface area contributed by atoms with Crippen LogP contribution in [0, 0.1) is 5.92 Å². The number of methoxy groups -OCH3 is 1. The number of fused-ring (bicyclic) bond motifs is 1. The van der Waals surface area contributed by atoms with E-state index in [0.717, 1.165) is 44.5 Å². The highest BCUT2D eigenvalue weighted by molar-refractivity contribution is 5.97. The number of ketones is 1. The topological polar surface area (TPSA) is 59.8 Å². The number of ether oxygens (including phenoxy) is 1. The second-order valence-electron chi connectivity index (χ2n) is 7.90. The van der Waals surface area contributed by atoms with Gasteiger partial charge in [0.05, 0.1) is 18.8 Å². The van der Waals surface area contributed by atoms with E-state index in [0.29, 0.717) is 28.7 Å². The number of nitrogens with zero attached hydrogens (tertiary/aromatic N) is 1. The number of carbonyl (C=O) groups is 1. The Morgan fingerprint density at radius 3 is 2.63 bits per heavy atom. The summed E-state index contributed by atoms with van der Waals surface area (Å²) in [4.78, 5) is 27.7. The third kappa shape index (κ3) is 4.46. The van der Waals surface area contributed by atoms with Gasteiger partial charge in [0.25, 0.3) is 0 Å². The first-order valence-corrected chi connectivity index (χ1v) is 10.6. The minimum atomic E-state index is 0.0334. The molecule has 1 aromatic heterocycles. The Balaban J connectivity index is 1.29. The first kappa shape index (κ1) is 20.4. The Bertz CT molecular complexity index is 1070. The molecular formula is C25H27NO4. The summed E-state index contributed by atoms with van der Waals surface area (Å²) in [5.41, 5.74) is 2.11.